The predicted molar refractivity (Wildman–Crippen MR) is 85.0 cm³/mol. The quantitative estimate of drug-likeness (QED) is 0.863. The van der Waals surface area contributed by atoms with Crippen LogP contribution in [0.1, 0.15) is 13.8 Å². The van der Waals surface area contributed by atoms with Gasteiger partial charge in [-0.15, -0.1) is 10.2 Å². The zero-order chi connectivity index (χ0) is 15.5. The van der Waals surface area contributed by atoms with Crippen molar-refractivity contribution in [1.82, 2.24) is 19.7 Å². The van der Waals surface area contributed by atoms with Gasteiger partial charge in [-0.25, -0.2) is 0 Å². The first-order chi connectivity index (χ1) is 10.6. The number of carbonyl (C=O) groups is 1. The molecule has 1 fully saturated rings. The average molecular weight is 299 g/mol. The van der Waals surface area contributed by atoms with E-state index in [1.165, 1.54) is 0 Å². The third-order valence-corrected chi connectivity index (χ3v) is 3.91. The number of hydrogen-bond acceptors (Lipinski definition) is 4. The van der Waals surface area contributed by atoms with Crippen molar-refractivity contribution in [2.45, 2.75) is 13.8 Å². The SMILES string of the molecule is CC(C)C(=O)N1CCN(c2ccc(-n3cccc3)nn2)CC1. The molecule has 0 saturated carbocycles. The lowest BCUT2D eigenvalue weighted by atomic mass is 10.1. The normalized spacial score (nSPS) is 15.4. The lowest BCUT2D eigenvalue weighted by molar-refractivity contribution is -0.134. The summed E-state index contributed by atoms with van der Waals surface area (Å²) in [4.78, 5) is 16.1. The van der Waals surface area contributed by atoms with Crippen LogP contribution in [0.5, 0.6) is 0 Å². The molecule has 1 aliphatic heterocycles. The lowest BCUT2D eigenvalue weighted by Crippen LogP contribution is -2.50. The van der Waals surface area contributed by atoms with Crippen LogP contribution in [0.15, 0.2) is 36.7 Å². The van der Waals surface area contributed by atoms with Gasteiger partial charge in [-0.05, 0) is 24.3 Å². The lowest BCUT2D eigenvalue weighted by Gasteiger charge is -2.36. The maximum atomic E-state index is 12.0. The fourth-order valence-electron chi connectivity index (χ4n) is 2.63. The number of hydrogen-bond donors (Lipinski definition) is 0. The van der Waals surface area contributed by atoms with Crippen LogP contribution in [-0.2, 0) is 4.79 Å². The van der Waals surface area contributed by atoms with Crippen LogP contribution in [0.2, 0.25) is 0 Å². The summed E-state index contributed by atoms with van der Waals surface area (Å²) < 4.78 is 1.93. The zero-order valence-corrected chi connectivity index (χ0v) is 13.0. The Labute approximate surface area is 130 Å². The van der Waals surface area contributed by atoms with Crippen molar-refractivity contribution in [3.8, 4) is 5.82 Å². The van der Waals surface area contributed by atoms with E-state index in [0.29, 0.717) is 0 Å². The van der Waals surface area contributed by atoms with E-state index in [-0.39, 0.29) is 11.8 Å². The van der Waals surface area contributed by atoms with Gasteiger partial charge in [0.15, 0.2) is 11.6 Å². The van der Waals surface area contributed by atoms with Crippen molar-refractivity contribution in [2.75, 3.05) is 31.1 Å². The van der Waals surface area contributed by atoms with Crippen molar-refractivity contribution in [3.05, 3.63) is 36.7 Å². The molecule has 0 atom stereocenters. The molecule has 0 spiro atoms. The monoisotopic (exact) mass is 299 g/mol. The van der Waals surface area contributed by atoms with E-state index in [4.69, 9.17) is 0 Å². The van der Waals surface area contributed by atoms with Gasteiger partial charge < -0.3 is 14.4 Å². The fraction of sp³-hybridized carbons (Fsp3) is 0.438. The molecule has 2 aromatic heterocycles. The molecule has 0 aliphatic carbocycles. The average Bonchev–Trinajstić information content (AvgIpc) is 3.09. The van der Waals surface area contributed by atoms with E-state index in [2.05, 4.69) is 15.1 Å². The first-order valence-electron chi connectivity index (χ1n) is 7.66. The van der Waals surface area contributed by atoms with Crippen LogP contribution in [0.25, 0.3) is 5.82 Å². The van der Waals surface area contributed by atoms with Gasteiger partial charge in [0.05, 0.1) is 0 Å². The molecular formula is C16H21N5O. The summed E-state index contributed by atoms with van der Waals surface area (Å²) in [5, 5.41) is 8.58. The second-order valence-corrected chi connectivity index (χ2v) is 5.81. The molecule has 1 saturated heterocycles. The van der Waals surface area contributed by atoms with Gasteiger partial charge in [0, 0.05) is 44.5 Å². The Bertz CT molecular complexity index is 612. The smallest absolute Gasteiger partial charge is 0.225 e. The molecule has 0 radical (unpaired) electrons. The summed E-state index contributed by atoms with van der Waals surface area (Å²) in [7, 11) is 0. The van der Waals surface area contributed by atoms with E-state index >= 15 is 0 Å². The van der Waals surface area contributed by atoms with Gasteiger partial charge >= 0.3 is 0 Å². The van der Waals surface area contributed by atoms with Crippen molar-refractivity contribution < 1.29 is 4.79 Å². The van der Waals surface area contributed by atoms with Crippen molar-refractivity contribution in [3.63, 3.8) is 0 Å². The van der Waals surface area contributed by atoms with E-state index in [1.54, 1.807) is 0 Å². The van der Waals surface area contributed by atoms with Gasteiger partial charge in [0.25, 0.3) is 0 Å². The molecule has 116 valence electrons. The van der Waals surface area contributed by atoms with Gasteiger partial charge in [0.2, 0.25) is 5.91 Å². The Balaban J connectivity index is 1.63. The number of carbonyl (C=O) groups excluding carboxylic acids is 1. The fourth-order valence-corrected chi connectivity index (χ4v) is 2.63. The van der Waals surface area contributed by atoms with Crippen molar-refractivity contribution in [2.24, 2.45) is 5.92 Å². The highest BCUT2D eigenvalue weighted by atomic mass is 16.2. The summed E-state index contributed by atoms with van der Waals surface area (Å²) >= 11 is 0. The Morgan fingerprint density at radius 2 is 1.59 bits per heavy atom. The number of nitrogens with zero attached hydrogens (tertiary/aromatic N) is 5. The van der Waals surface area contributed by atoms with E-state index in [0.717, 1.165) is 37.8 Å². The van der Waals surface area contributed by atoms with Crippen LogP contribution in [0.3, 0.4) is 0 Å². The number of anilines is 1. The minimum atomic E-state index is 0.0622. The molecule has 0 bridgehead atoms. The minimum Gasteiger partial charge on any atom is -0.352 e. The highest BCUT2D eigenvalue weighted by molar-refractivity contribution is 5.78. The summed E-state index contributed by atoms with van der Waals surface area (Å²) in [5.41, 5.74) is 0. The molecular weight excluding hydrogens is 278 g/mol. The molecule has 0 aromatic carbocycles. The molecule has 3 rings (SSSR count). The molecule has 0 unspecified atom stereocenters. The van der Waals surface area contributed by atoms with Gasteiger partial charge in [-0.2, -0.15) is 0 Å². The Morgan fingerprint density at radius 3 is 2.14 bits per heavy atom. The van der Waals surface area contributed by atoms with Crippen LogP contribution < -0.4 is 4.90 Å². The number of rotatable bonds is 3. The molecule has 3 heterocycles. The number of amides is 1. The molecule has 0 N–H and O–H groups in total. The molecule has 1 amide bonds. The number of piperazine rings is 1. The minimum absolute atomic E-state index is 0.0622. The first-order valence-corrected chi connectivity index (χ1v) is 7.66. The molecule has 6 heteroatoms. The highest BCUT2D eigenvalue weighted by Gasteiger charge is 2.23. The van der Waals surface area contributed by atoms with Crippen molar-refractivity contribution in [1.29, 1.82) is 0 Å². The predicted octanol–water partition coefficient (Wildman–Crippen LogP) is 1.57. The zero-order valence-electron chi connectivity index (χ0n) is 13.0. The van der Waals surface area contributed by atoms with Crippen LogP contribution in [0, 0.1) is 5.92 Å². The van der Waals surface area contributed by atoms with E-state index < -0.39 is 0 Å². The largest absolute Gasteiger partial charge is 0.352 e. The summed E-state index contributed by atoms with van der Waals surface area (Å²) in [6.07, 6.45) is 3.89. The Kier molecular flexibility index (Phi) is 4.09. The van der Waals surface area contributed by atoms with Gasteiger partial charge in [-0.1, -0.05) is 13.8 Å². The van der Waals surface area contributed by atoms with Gasteiger partial charge in [-0.3, -0.25) is 4.79 Å². The second-order valence-electron chi connectivity index (χ2n) is 5.81. The molecule has 6 nitrogen and oxygen atoms in total. The number of aromatic nitrogens is 3. The van der Waals surface area contributed by atoms with Crippen LogP contribution in [-0.4, -0.2) is 51.8 Å². The summed E-state index contributed by atoms with van der Waals surface area (Å²) in [5.74, 6) is 1.97. The van der Waals surface area contributed by atoms with Crippen LogP contribution >= 0.6 is 0 Å². The van der Waals surface area contributed by atoms with Crippen LogP contribution in [0.4, 0.5) is 5.82 Å². The standard InChI is InChI=1S/C16H21N5O/c1-13(2)16(22)21-11-9-20(10-12-21)15-6-5-14(17-18-15)19-7-3-4-8-19/h3-8,13H,9-12H2,1-2H3. The highest BCUT2D eigenvalue weighted by Crippen LogP contribution is 2.15. The maximum absolute atomic E-state index is 12.0. The third-order valence-electron chi connectivity index (χ3n) is 3.91. The molecule has 1 aliphatic rings. The maximum Gasteiger partial charge on any atom is 0.225 e. The topological polar surface area (TPSA) is 54.3 Å². The Morgan fingerprint density at radius 1 is 1.00 bits per heavy atom. The summed E-state index contributed by atoms with van der Waals surface area (Å²) in [6.45, 7) is 6.99. The van der Waals surface area contributed by atoms with Crippen molar-refractivity contribution >= 4 is 11.7 Å². The Hall–Kier alpha value is -2.37. The van der Waals surface area contributed by atoms with E-state index in [9.17, 15) is 4.79 Å². The van der Waals surface area contributed by atoms with E-state index in [1.807, 2.05) is 60.0 Å². The van der Waals surface area contributed by atoms with Gasteiger partial charge in [0.1, 0.15) is 0 Å². The molecule has 22 heavy (non-hydrogen) atoms. The third kappa shape index (κ3) is 2.95. The second kappa shape index (κ2) is 6.17. The summed E-state index contributed by atoms with van der Waals surface area (Å²) in [6, 6.07) is 7.87. The molecule has 2 aromatic rings. The first kappa shape index (κ1) is 14.6.